The van der Waals surface area contributed by atoms with Crippen LogP contribution in [-0.2, 0) is 9.47 Å². The summed E-state index contributed by atoms with van der Waals surface area (Å²) in [5.41, 5.74) is 0. The van der Waals surface area contributed by atoms with Gasteiger partial charge in [0.25, 0.3) is 0 Å². The van der Waals surface area contributed by atoms with E-state index in [0.717, 1.165) is 0 Å². The Morgan fingerprint density at radius 1 is 1.21 bits per heavy atom. The van der Waals surface area contributed by atoms with E-state index in [1.165, 1.54) is 7.11 Å². The first-order chi connectivity index (χ1) is 6.49. The van der Waals surface area contributed by atoms with Crippen molar-refractivity contribution in [2.75, 3.05) is 7.11 Å². The van der Waals surface area contributed by atoms with Crippen molar-refractivity contribution in [3.8, 4) is 0 Å². The van der Waals surface area contributed by atoms with Crippen molar-refractivity contribution in [2.45, 2.75) is 51.3 Å². The van der Waals surface area contributed by atoms with Gasteiger partial charge < -0.3 is 19.7 Å². The van der Waals surface area contributed by atoms with Crippen molar-refractivity contribution < 1.29 is 19.7 Å². The molecule has 0 radical (unpaired) electrons. The van der Waals surface area contributed by atoms with Crippen LogP contribution in [0.5, 0.6) is 0 Å². The van der Waals surface area contributed by atoms with Crippen molar-refractivity contribution in [2.24, 2.45) is 5.92 Å². The molecule has 84 valence electrons. The largest absolute Gasteiger partial charge is 0.388 e. The third kappa shape index (κ3) is 2.08. The van der Waals surface area contributed by atoms with E-state index in [1.807, 2.05) is 13.8 Å². The molecule has 5 atom stereocenters. The molecule has 0 aromatic carbocycles. The predicted molar refractivity (Wildman–Crippen MR) is 52.0 cm³/mol. The lowest BCUT2D eigenvalue weighted by Gasteiger charge is -2.42. The molecule has 0 aliphatic carbocycles. The Balaban J connectivity index is 2.75. The quantitative estimate of drug-likeness (QED) is 0.673. The van der Waals surface area contributed by atoms with Gasteiger partial charge in [-0.05, 0) is 12.8 Å². The highest BCUT2D eigenvalue weighted by molar-refractivity contribution is 4.92. The molecule has 4 nitrogen and oxygen atoms in total. The highest BCUT2D eigenvalue weighted by Gasteiger charge is 2.43. The average molecular weight is 204 g/mol. The van der Waals surface area contributed by atoms with E-state index in [0.29, 0.717) is 0 Å². The maximum absolute atomic E-state index is 9.88. The van der Waals surface area contributed by atoms with Crippen molar-refractivity contribution in [1.29, 1.82) is 0 Å². The van der Waals surface area contributed by atoms with Gasteiger partial charge in [0.2, 0.25) is 0 Å². The van der Waals surface area contributed by atoms with Crippen LogP contribution in [0.4, 0.5) is 0 Å². The summed E-state index contributed by atoms with van der Waals surface area (Å²) in [4.78, 5) is 0. The monoisotopic (exact) mass is 204 g/mol. The van der Waals surface area contributed by atoms with E-state index in [2.05, 4.69) is 0 Å². The summed E-state index contributed by atoms with van der Waals surface area (Å²) >= 11 is 0. The molecule has 1 aliphatic heterocycles. The van der Waals surface area contributed by atoms with E-state index in [1.54, 1.807) is 6.92 Å². The van der Waals surface area contributed by atoms with Crippen LogP contribution in [0.25, 0.3) is 0 Å². The van der Waals surface area contributed by atoms with Crippen molar-refractivity contribution in [1.82, 2.24) is 0 Å². The molecule has 0 amide bonds. The summed E-state index contributed by atoms with van der Waals surface area (Å²) < 4.78 is 10.6. The lowest BCUT2D eigenvalue weighted by atomic mass is 9.90. The standard InChI is InChI=1S/C10H20O4/c1-5(2)9-8(12)10(13-4)7(11)6(3)14-9/h5-12H,1-4H3/t6-,7+,8+,9+,10+/m1/s1. The molecule has 0 bridgehead atoms. The molecule has 1 fully saturated rings. The van der Waals surface area contributed by atoms with Crippen LogP contribution in [0, 0.1) is 5.92 Å². The van der Waals surface area contributed by atoms with Crippen molar-refractivity contribution in [3.63, 3.8) is 0 Å². The fourth-order valence-electron chi connectivity index (χ4n) is 1.90. The molecule has 2 N–H and O–H groups in total. The van der Waals surface area contributed by atoms with E-state index in [4.69, 9.17) is 9.47 Å². The molecule has 14 heavy (non-hydrogen) atoms. The van der Waals surface area contributed by atoms with Crippen LogP contribution < -0.4 is 0 Å². The van der Waals surface area contributed by atoms with E-state index >= 15 is 0 Å². The topological polar surface area (TPSA) is 58.9 Å². The van der Waals surface area contributed by atoms with E-state index in [9.17, 15) is 10.2 Å². The van der Waals surface area contributed by atoms with Gasteiger partial charge in [-0.3, -0.25) is 0 Å². The maximum atomic E-state index is 9.88. The van der Waals surface area contributed by atoms with Crippen LogP contribution in [0.3, 0.4) is 0 Å². The summed E-state index contributed by atoms with van der Waals surface area (Å²) in [5.74, 6) is 0.206. The summed E-state index contributed by atoms with van der Waals surface area (Å²) in [6, 6.07) is 0. The average Bonchev–Trinajstić information content (AvgIpc) is 2.12. The first-order valence-electron chi connectivity index (χ1n) is 5.03. The van der Waals surface area contributed by atoms with Crippen molar-refractivity contribution in [3.05, 3.63) is 0 Å². The third-order valence-corrected chi connectivity index (χ3v) is 2.79. The van der Waals surface area contributed by atoms with Crippen LogP contribution in [0.2, 0.25) is 0 Å². The molecule has 0 spiro atoms. The lowest BCUT2D eigenvalue weighted by Crippen LogP contribution is -2.58. The first-order valence-corrected chi connectivity index (χ1v) is 5.03. The van der Waals surface area contributed by atoms with Gasteiger partial charge in [0.05, 0.1) is 12.2 Å². The number of hydrogen-bond acceptors (Lipinski definition) is 4. The van der Waals surface area contributed by atoms with Gasteiger partial charge in [0, 0.05) is 7.11 Å². The molecule has 1 aliphatic rings. The molecule has 0 aromatic rings. The Bertz CT molecular complexity index is 181. The third-order valence-electron chi connectivity index (χ3n) is 2.79. The Hall–Kier alpha value is -0.160. The molecule has 0 aromatic heterocycles. The minimum Gasteiger partial charge on any atom is -0.388 e. The predicted octanol–water partition coefficient (Wildman–Crippen LogP) is 0.166. The Labute approximate surface area is 84.8 Å². The van der Waals surface area contributed by atoms with Crippen LogP contribution in [-0.4, -0.2) is 47.8 Å². The molecule has 1 rings (SSSR count). The van der Waals surface area contributed by atoms with Crippen LogP contribution in [0.15, 0.2) is 0 Å². The Morgan fingerprint density at radius 3 is 2.21 bits per heavy atom. The van der Waals surface area contributed by atoms with Gasteiger partial charge >= 0.3 is 0 Å². The van der Waals surface area contributed by atoms with Crippen LogP contribution in [0.1, 0.15) is 20.8 Å². The van der Waals surface area contributed by atoms with Gasteiger partial charge in [-0.2, -0.15) is 0 Å². The molecular weight excluding hydrogens is 184 g/mol. The second-order valence-electron chi connectivity index (χ2n) is 4.23. The zero-order valence-corrected chi connectivity index (χ0v) is 9.18. The van der Waals surface area contributed by atoms with Gasteiger partial charge in [0.15, 0.2) is 0 Å². The second-order valence-corrected chi connectivity index (χ2v) is 4.23. The lowest BCUT2D eigenvalue weighted by molar-refractivity contribution is -0.233. The number of hydrogen-bond donors (Lipinski definition) is 2. The number of aliphatic hydroxyl groups excluding tert-OH is 2. The van der Waals surface area contributed by atoms with E-state index < -0.39 is 18.3 Å². The van der Waals surface area contributed by atoms with Gasteiger partial charge in [-0.25, -0.2) is 0 Å². The molecular formula is C10H20O4. The van der Waals surface area contributed by atoms with Crippen molar-refractivity contribution >= 4 is 0 Å². The second kappa shape index (κ2) is 4.57. The zero-order valence-electron chi connectivity index (χ0n) is 9.18. The summed E-state index contributed by atoms with van der Waals surface area (Å²) in [6.45, 7) is 5.74. The minimum atomic E-state index is -0.759. The van der Waals surface area contributed by atoms with Gasteiger partial charge in [-0.15, -0.1) is 0 Å². The normalized spacial score (nSPS) is 44.4. The summed E-state index contributed by atoms with van der Waals surface area (Å²) in [6.07, 6.45) is -2.63. The molecule has 1 saturated heterocycles. The summed E-state index contributed by atoms with van der Waals surface area (Å²) in [5, 5.41) is 19.6. The number of rotatable bonds is 2. The maximum Gasteiger partial charge on any atom is 0.114 e. The zero-order chi connectivity index (χ0) is 10.9. The number of aliphatic hydroxyl groups is 2. The fraction of sp³-hybridized carbons (Fsp3) is 1.00. The number of methoxy groups -OCH3 is 1. The first kappa shape index (κ1) is 11.9. The highest BCUT2D eigenvalue weighted by Crippen LogP contribution is 2.26. The summed E-state index contributed by atoms with van der Waals surface area (Å²) in [7, 11) is 1.49. The molecule has 4 heteroatoms. The Morgan fingerprint density at radius 2 is 1.79 bits per heavy atom. The molecule has 1 heterocycles. The Kier molecular flexibility index (Phi) is 3.89. The van der Waals surface area contributed by atoms with Gasteiger partial charge in [-0.1, -0.05) is 13.8 Å². The highest BCUT2D eigenvalue weighted by atomic mass is 16.6. The molecule has 0 saturated carbocycles. The molecule has 0 unspecified atom stereocenters. The van der Waals surface area contributed by atoms with Crippen LogP contribution >= 0.6 is 0 Å². The SMILES string of the molecule is CO[C@H]1[C@@H](O)[C@@H](C)O[C@@H](C(C)C)[C@@H]1O. The van der Waals surface area contributed by atoms with E-state index in [-0.39, 0.29) is 18.1 Å². The number of ether oxygens (including phenoxy) is 2. The van der Waals surface area contributed by atoms with Gasteiger partial charge in [0.1, 0.15) is 18.3 Å². The minimum absolute atomic E-state index is 0.206. The smallest absolute Gasteiger partial charge is 0.114 e. The fourth-order valence-corrected chi connectivity index (χ4v) is 1.90.